The largest absolute Gasteiger partial charge is 0.469 e. The number of ether oxygens (including phenoxy) is 1. The van der Waals surface area contributed by atoms with Crippen LogP contribution in [-0.2, 0) is 9.53 Å². The Labute approximate surface area is 152 Å². The van der Waals surface area contributed by atoms with Crippen molar-refractivity contribution in [1.82, 2.24) is 25.0 Å². The average Bonchev–Trinajstić information content (AvgIpc) is 3.31. The van der Waals surface area contributed by atoms with Gasteiger partial charge in [0.2, 0.25) is 0 Å². The van der Waals surface area contributed by atoms with Crippen molar-refractivity contribution >= 4 is 11.9 Å². The van der Waals surface area contributed by atoms with E-state index in [1.165, 1.54) is 7.11 Å². The Bertz CT molecular complexity index is 762. The highest BCUT2D eigenvalue weighted by Crippen LogP contribution is 2.24. The molecule has 1 aliphatic rings. The molecule has 2 heterocycles. The number of likely N-dealkylation sites (tertiary alicyclic amines) is 1. The van der Waals surface area contributed by atoms with E-state index in [1.54, 1.807) is 23.3 Å². The molecule has 0 unspecified atom stereocenters. The van der Waals surface area contributed by atoms with Gasteiger partial charge in [-0.3, -0.25) is 19.1 Å². The highest BCUT2D eigenvalue weighted by molar-refractivity contribution is 5.97. The molecule has 1 saturated heterocycles. The number of rotatable bonds is 6. The van der Waals surface area contributed by atoms with Crippen molar-refractivity contribution in [3.8, 4) is 5.69 Å². The van der Waals surface area contributed by atoms with Gasteiger partial charge in [-0.25, -0.2) is 0 Å². The van der Waals surface area contributed by atoms with Crippen LogP contribution in [0.25, 0.3) is 5.69 Å². The maximum atomic E-state index is 12.7. The Morgan fingerprint density at radius 1 is 1.19 bits per heavy atom. The second-order valence-electron chi connectivity index (χ2n) is 6.43. The summed E-state index contributed by atoms with van der Waals surface area (Å²) in [6.45, 7) is 0.531. The van der Waals surface area contributed by atoms with Crippen molar-refractivity contribution in [2.75, 3.05) is 20.7 Å². The van der Waals surface area contributed by atoms with Crippen LogP contribution in [0.4, 0.5) is 0 Å². The fourth-order valence-electron chi connectivity index (χ4n) is 3.38. The predicted octanol–water partition coefficient (Wildman–Crippen LogP) is 1.02. The molecule has 8 heteroatoms. The Hall–Kier alpha value is -2.74. The zero-order valence-electron chi connectivity index (χ0n) is 15.0. The number of carbonyl (C=O) groups excluding carboxylic acids is 2. The predicted molar refractivity (Wildman–Crippen MR) is 94.9 cm³/mol. The molecule has 0 radical (unpaired) electrons. The third-order valence-corrected chi connectivity index (χ3v) is 4.96. The Kier molecular flexibility index (Phi) is 5.62. The van der Waals surface area contributed by atoms with Crippen LogP contribution in [0.1, 0.15) is 29.6 Å². The molecule has 8 nitrogen and oxygen atoms in total. The van der Waals surface area contributed by atoms with Gasteiger partial charge in [-0.15, -0.1) is 10.2 Å². The van der Waals surface area contributed by atoms with Gasteiger partial charge < -0.3 is 10.1 Å². The van der Waals surface area contributed by atoms with E-state index in [9.17, 15) is 9.59 Å². The van der Waals surface area contributed by atoms with Crippen molar-refractivity contribution in [2.45, 2.75) is 31.3 Å². The summed E-state index contributed by atoms with van der Waals surface area (Å²) in [5.41, 5.74) is 1.30. The third kappa shape index (κ3) is 3.91. The van der Waals surface area contributed by atoms with E-state index < -0.39 is 0 Å². The number of methoxy groups -OCH3 is 1. The number of amides is 1. The van der Waals surface area contributed by atoms with E-state index >= 15 is 0 Å². The number of esters is 1. The van der Waals surface area contributed by atoms with E-state index in [0.29, 0.717) is 18.5 Å². The van der Waals surface area contributed by atoms with Crippen LogP contribution in [0.3, 0.4) is 0 Å². The number of hydrogen-bond acceptors (Lipinski definition) is 6. The molecule has 2 atom stereocenters. The number of benzene rings is 1. The van der Waals surface area contributed by atoms with Gasteiger partial charge in [0.1, 0.15) is 12.7 Å². The molecule has 1 aliphatic heterocycles. The number of hydrogen-bond donors (Lipinski definition) is 1. The second kappa shape index (κ2) is 8.09. The van der Waals surface area contributed by atoms with Gasteiger partial charge in [-0.2, -0.15) is 0 Å². The molecule has 2 aromatic rings. The summed E-state index contributed by atoms with van der Waals surface area (Å²) in [5, 5.41) is 10.6. The average molecular weight is 357 g/mol. The van der Waals surface area contributed by atoms with Crippen LogP contribution in [-0.4, -0.2) is 64.3 Å². The van der Waals surface area contributed by atoms with Crippen LogP contribution < -0.4 is 5.32 Å². The van der Waals surface area contributed by atoms with Crippen molar-refractivity contribution in [3.05, 3.63) is 42.5 Å². The van der Waals surface area contributed by atoms with Gasteiger partial charge in [0.15, 0.2) is 0 Å². The lowest BCUT2D eigenvalue weighted by molar-refractivity contribution is -0.141. The fourth-order valence-corrected chi connectivity index (χ4v) is 3.38. The monoisotopic (exact) mass is 357 g/mol. The summed E-state index contributed by atoms with van der Waals surface area (Å²) in [6, 6.07) is 7.70. The SMILES string of the molecule is COC(=O)C[C@H]1CC[C@@H](CNC(=O)c2ccccc2-n2cnnc2)N1C. The molecule has 0 saturated carbocycles. The summed E-state index contributed by atoms with van der Waals surface area (Å²) in [5.74, 6) is -0.339. The minimum atomic E-state index is -0.200. The molecule has 3 rings (SSSR count). The first-order chi connectivity index (χ1) is 12.6. The molecule has 138 valence electrons. The number of nitrogens with zero attached hydrogens (tertiary/aromatic N) is 4. The zero-order chi connectivity index (χ0) is 18.5. The topological polar surface area (TPSA) is 89.3 Å². The molecule has 26 heavy (non-hydrogen) atoms. The van der Waals surface area contributed by atoms with Crippen molar-refractivity contribution < 1.29 is 14.3 Å². The first-order valence-electron chi connectivity index (χ1n) is 8.61. The molecule has 1 aromatic heterocycles. The normalized spacial score (nSPS) is 20.1. The van der Waals surface area contributed by atoms with E-state index in [2.05, 4.69) is 20.4 Å². The van der Waals surface area contributed by atoms with Crippen LogP contribution in [0.5, 0.6) is 0 Å². The first kappa shape index (κ1) is 18.1. The molecule has 0 spiro atoms. The van der Waals surface area contributed by atoms with Gasteiger partial charge in [0.05, 0.1) is 24.8 Å². The number of aromatic nitrogens is 3. The van der Waals surface area contributed by atoms with Crippen LogP contribution in [0.15, 0.2) is 36.9 Å². The highest BCUT2D eigenvalue weighted by Gasteiger charge is 2.32. The third-order valence-electron chi connectivity index (χ3n) is 4.96. The van der Waals surface area contributed by atoms with Gasteiger partial charge in [-0.1, -0.05) is 12.1 Å². The number of likely N-dealkylation sites (N-methyl/N-ethyl adjacent to an activating group) is 1. The minimum absolute atomic E-state index is 0.140. The smallest absolute Gasteiger partial charge is 0.307 e. The standard InChI is InChI=1S/C18H23N5O3/c1-22-13(9-17(24)26-2)7-8-14(22)10-19-18(25)15-5-3-4-6-16(15)23-11-20-21-12-23/h3-6,11-14H,7-10H2,1-2H3,(H,19,25)/t13-,14+/m1/s1. The summed E-state index contributed by atoms with van der Waals surface area (Å²) in [7, 11) is 3.39. The Morgan fingerprint density at radius 2 is 1.88 bits per heavy atom. The summed E-state index contributed by atoms with van der Waals surface area (Å²) in [4.78, 5) is 26.3. The summed E-state index contributed by atoms with van der Waals surface area (Å²) >= 11 is 0. The number of para-hydroxylation sites is 1. The fraction of sp³-hybridized carbons (Fsp3) is 0.444. The van der Waals surface area contributed by atoms with Crippen molar-refractivity contribution in [3.63, 3.8) is 0 Å². The van der Waals surface area contributed by atoms with Crippen LogP contribution >= 0.6 is 0 Å². The zero-order valence-corrected chi connectivity index (χ0v) is 15.0. The second-order valence-corrected chi connectivity index (χ2v) is 6.43. The van der Waals surface area contributed by atoms with Gasteiger partial charge in [-0.05, 0) is 32.0 Å². The van der Waals surface area contributed by atoms with Gasteiger partial charge in [0, 0.05) is 18.6 Å². The van der Waals surface area contributed by atoms with E-state index in [0.717, 1.165) is 18.5 Å². The van der Waals surface area contributed by atoms with Crippen LogP contribution in [0, 0.1) is 0 Å². The molecular formula is C18H23N5O3. The number of nitrogens with one attached hydrogen (secondary N) is 1. The van der Waals surface area contributed by atoms with E-state index in [4.69, 9.17) is 4.74 Å². The van der Waals surface area contributed by atoms with E-state index in [-0.39, 0.29) is 24.0 Å². The molecule has 0 bridgehead atoms. The van der Waals surface area contributed by atoms with Crippen molar-refractivity contribution in [1.29, 1.82) is 0 Å². The van der Waals surface area contributed by atoms with Crippen LogP contribution in [0.2, 0.25) is 0 Å². The van der Waals surface area contributed by atoms with Gasteiger partial charge >= 0.3 is 5.97 Å². The Balaban J connectivity index is 1.61. The molecule has 0 aliphatic carbocycles. The Morgan fingerprint density at radius 3 is 2.62 bits per heavy atom. The summed E-state index contributed by atoms with van der Waals surface area (Å²) < 4.78 is 6.46. The summed E-state index contributed by atoms with van der Waals surface area (Å²) in [6.07, 6.45) is 5.37. The maximum absolute atomic E-state index is 12.7. The van der Waals surface area contributed by atoms with Crippen molar-refractivity contribution in [2.24, 2.45) is 0 Å². The molecule has 1 N–H and O–H groups in total. The quantitative estimate of drug-likeness (QED) is 0.777. The number of carbonyl (C=O) groups is 2. The molecular weight excluding hydrogens is 334 g/mol. The highest BCUT2D eigenvalue weighted by atomic mass is 16.5. The minimum Gasteiger partial charge on any atom is -0.469 e. The van der Waals surface area contributed by atoms with E-state index in [1.807, 2.05) is 25.2 Å². The molecule has 1 amide bonds. The lowest BCUT2D eigenvalue weighted by Gasteiger charge is -2.25. The molecule has 1 aromatic carbocycles. The molecule has 1 fully saturated rings. The lowest BCUT2D eigenvalue weighted by atomic mass is 10.1. The van der Waals surface area contributed by atoms with Gasteiger partial charge in [0.25, 0.3) is 5.91 Å². The first-order valence-corrected chi connectivity index (χ1v) is 8.61. The lowest BCUT2D eigenvalue weighted by Crippen LogP contribution is -2.41. The maximum Gasteiger partial charge on any atom is 0.307 e.